The molecule has 0 rings (SSSR count). The van der Waals surface area contributed by atoms with E-state index in [0.717, 1.165) is 26.1 Å². The van der Waals surface area contributed by atoms with Crippen LogP contribution in [0.15, 0.2) is 0 Å². The van der Waals surface area contributed by atoms with E-state index < -0.39 is 8.07 Å². The Hall–Kier alpha value is 0.0569. The molecule has 0 bridgehead atoms. The number of rotatable bonds is 11. The largest absolute Gasteiger partial charge is 0.379 e. The summed E-state index contributed by atoms with van der Waals surface area (Å²) in [6, 6.07) is 0. The van der Waals surface area contributed by atoms with Crippen LogP contribution >= 0.6 is 0 Å². The van der Waals surface area contributed by atoms with Gasteiger partial charge in [0, 0.05) is 19.7 Å². The van der Waals surface area contributed by atoms with Crippen LogP contribution < -0.4 is 10.9 Å². The van der Waals surface area contributed by atoms with Gasteiger partial charge in [-0.25, -0.2) is 0 Å². The van der Waals surface area contributed by atoms with Gasteiger partial charge >= 0.3 is 0 Å². The number of ether oxygens (including phenoxy) is 2. The van der Waals surface area contributed by atoms with Crippen LogP contribution in [0.5, 0.6) is 0 Å². The molecule has 4 nitrogen and oxygen atoms in total. The SMILES string of the molecule is CCNNCCOC(C)(C)CCOC(C)(C)[Si](C)(C)C(C)(C)C. The van der Waals surface area contributed by atoms with Gasteiger partial charge < -0.3 is 9.47 Å². The molecule has 0 aliphatic heterocycles. The molecule has 0 radical (unpaired) electrons. The minimum atomic E-state index is -1.55. The zero-order valence-electron chi connectivity index (χ0n) is 17.4. The lowest BCUT2D eigenvalue weighted by atomic mass is 10.1. The van der Waals surface area contributed by atoms with E-state index in [9.17, 15) is 0 Å². The summed E-state index contributed by atoms with van der Waals surface area (Å²) in [5, 5.41) is 0.272. The monoisotopic (exact) mass is 346 g/mol. The van der Waals surface area contributed by atoms with Crippen molar-refractivity contribution in [3.05, 3.63) is 0 Å². The predicted octanol–water partition coefficient (Wildman–Crippen LogP) is 4.13. The highest BCUT2D eigenvalue weighted by Gasteiger charge is 2.48. The third kappa shape index (κ3) is 7.65. The Morgan fingerprint density at radius 2 is 1.39 bits per heavy atom. The maximum atomic E-state index is 6.36. The Labute approximate surface area is 146 Å². The van der Waals surface area contributed by atoms with Crippen LogP contribution in [-0.4, -0.2) is 45.2 Å². The highest BCUT2D eigenvalue weighted by molar-refractivity contribution is 6.82. The molecule has 0 aromatic carbocycles. The van der Waals surface area contributed by atoms with Crippen LogP contribution in [0.3, 0.4) is 0 Å². The van der Waals surface area contributed by atoms with Crippen LogP contribution in [0.2, 0.25) is 18.1 Å². The van der Waals surface area contributed by atoms with Gasteiger partial charge in [0.1, 0.15) is 0 Å². The van der Waals surface area contributed by atoms with Gasteiger partial charge in [0.25, 0.3) is 0 Å². The lowest BCUT2D eigenvalue weighted by Gasteiger charge is -2.48. The maximum absolute atomic E-state index is 6.36. The lowest BCUT2D eigenvalue weighted by molar-refractivity contribution is -0.0547. The van der Waals surface area contributed by atoms with Crippen molar-refractivity contribution in [1.82, 2.24) is 10.9 Å². The van der Waals surface area contributed by atoms with Gasteiger partial charge in [-0.15, -0.1) is 0 Å². The summed E-state index contributed by atoms with van der Waals surface area (Å²) in [4.78, 5) is 0. The standard InChI is InChI=1S/C18H42N2O2Si/c1-11-19-20-13-15-21-17(5,6)12-14-22-18(7,8)23(9,10)16(2,3)4/h19-20H,11-15H2,1-10H3. The maximum Gasteiger partial charge on any atom is 0.0900 e. The average molecular weight is 347 g/mol. The van der Waals surface area contributed by atoms with Crippen LogP contribution in [0, 0.1) is 0 Å². The minimum absolute atomic E-state index is 0.0477. The molecule has 0 atom stereocenters. The highest BCUT2D eigenvalue weighted by atomic mass is 28.3. The summed E-state index contributed by atoms with van der Waals surface area (Å²) < 4.78 is 12.3. The van der Waals surface area contributed by atoms with Gasteiger partial charge in [-0.05, 0) is 39.2 Å². The van der Waals surface area contributed by atoms with Crippen LogP contribution in [0.1, 0.15) is 61.8 Å². The van der Waals surface area contributed by atoms with Gasteiger partial charge in [0.15, 0.2) is 0 Å². The molecule has 0 spiro atoms. The Kier molecular flexibility index (Phi) is 8.97. The molecule has 23 heavy (non-hydrogen) atoms. The number of hydrazine groups is 1. The zero-order chi connectivity index (χ0) is 18.4. The Morgan fingerprint density at radius 1 is 0.826 bits per heavy atom. The van der Waals surface area contributed by atoms with Crippen molar-refractivity contribution in [2.24, 2.45) is 0 Å². The van der Waals surface area contributed by atoms with Crippen LogP contribution in [0.4, 0.5) is 0 Å². The van der Waals surface area contributed by atoms with Gasteiger partial charge in [-0.2, -0.15) is 0 Å². The first-order valence-corrected chi connectivity index (χ1v) is 12.0. The fourth-order valence-electron chi connectivity index (χ4n) is 2.30. The number of hydrogen-bond acceptors (Lipinski definition) is 4. The van der Waals surface area contributed by atoms with Gasteiger partial charge in [0.2, 0.25) is 0 Å². The number of nitrogens with one attached hydrogen (secondary N) is 2. The Balaban J connectivity index is 4.30. The van der Waals surface area contributed by atoms with Crippen molar-refractivity contribution in [2.45, 2.75) is 90.8 Å². The van der Waals surface area contributed by atoms with Gasteiger partial charge in [-0.1, -0.05) is 40.8 Å². The van der Waals surface area contributed by atoms with E-state index >= 15 is 0 Å². The third-order valence-corrected chi connectivity index (χ3v) is 12.5. The summed E-state index contributed by atoms with van der Waals surface area (Å²) in [5.74, 6) is 0. The first kappa shape index (κ1) is 23.1. The molecule has 0 saturated heterocycles. The molecule has 0 aromatic rings. The second-order valence-electron chi connectivity index (χ2n) is 9.05. The van der Waals surface area contributed by atoms with Crippen LogP contribution in [-0.2, 0) is 9.47 Å². The second kappa shape index (κ2) is 8.95. The molecule has 2 N–H and O–H groups in total. The normalized spacial score (nSPS) is 14.3. The van der Waals surface area contributed by atoms with E-state index in [1.807, 2.05) is 0 Å². The quantitative estimate of drug-likeness (QED) is 0.335. The van der Waals surface area contributed by atoms with Crippen LogP contribution in [0.25, 0.3) is 0 Å². The van der Waals surface area contributed by atoms with Crippen molar-refractivity contribution in [3.8, 4) is 0 Å². The predicted molar refractivity (Wildman–Crippen MR) is 104 cm³/mol. The molecule has 0 saturated carbocycles. The first-order valence-electron chi connectivity index (χ1n) is 9.00. The highest BCUT2D eigenvalue weighted by Crippen LogP contribution is 2.44. The molecular formula is C18H42N2O2Si. The van der Waals surface area contributed by atoms with Crippen molar-refractivity contribution in [2.75, 3.05) is 26.3 Å². The fraction of sp³-hybridized carbons (Fsp3) is 1.00. The summed E-state index contributed by atoms with van der Waals surface area (Å²) in [7, 11) is -1.55. The van der Waals surface area contributed by atoms with Gasteiger partial charge in [-0.3, -0.25) is 10.9 Å². The smallest absolute Gasteiger partial charge is 0.0900 e. The molecular weight excluding hydrogens is 304 g/mol. The summed E-state index contributed by atoms with van der Waals surface area (Å²) >= 11 is 0. The molecule has 0 aliphatic rings. The zero-order valence-corrected chi connectivity index (χ0v) is 18.4. The summed E-state index contributed by atoms with van der Waals surface area (Å²) in [6.45, 7) is 25.9. The first-order chi connectivity index (χ1) is 10.3. The summed E-state index contributed by atoms with van der Waals surface area (Å²) in [5.41, 5.74) is 6.05. The molecule has 5 heteroatoms. The molecule has 0 aromatic heterocycles. The lowest BCUT2D eigenvalue weighted by Crippen LogP contribution is -2.58. The summed E-state index contributed by atoms with van der Waals surface area (Å²) in [6.07, 6.45) is 0.909. The van der Waals surface area contributed by atoms with Crippen molar-refractivity contribution < 1.29 is 9.47 Å². The molecule has 0 aliphatic carbocycles. The molecule has 0 fully saturated rings. The number of hydrogen-bond donors (Lipinski definition) is 2. The molecule has 0 unspecified atom stereocenters. The average Bonchev–Trinajstić information content (AvgIpc) is 2.36. The van der Waals surface area contributed by atoms with E-state index in [-0.39, 0.29) is 10.8 Å². The van der Waals surface area contributed by atoms with E-state index in [0.29, 0.717) is 11.6 Å². The molecule has 0 heterocycles. The molecule has 140 valence electrons. The van der Waals surface area contributed by atoms with E-state index in [1.54, 1.807) is 0 Å². The Bertz CT molecular complexity index is 336. The van der Waals surface area contributed by atoms with Crippen molar-refractivity contribution in [1.29, 1.82) is 0 Å². The van der Waals surface area contributed by atoms with E-state index in [1.165, 1.54) is 0 Å². The topological polar surface area (TPSA) is 42.5 Å². The Morgan fingerprint density at radius 3 is 1.87 bits per heavy atom. The van der Waals surface area contributed by atoms with E-state index in [4.69, 9.17) is 9.47 Å². The molecule has 0 amide bonds. The third-order valence-electron chi connectivity index (χ3n) is 5.57. The van der Waals surface area contributed by atoms with Crippen molar-refractivity contribution >= 4 is 8.07 Å². The van der Waals surface area contributed by atoms with E-state index in [2.05, 4.69) is 79.3 Å². The second-order valence-corrected chi connectivity index (χ2v) is 15.0. The fourth-order valence-corrected chi connectivity index (χ4v) is 4.57. The minimum Gasteiger partial charge on any atom is -0.379 e. The van der Waals surface area contributed by atoms with Gasteiger partial charge in [0.05, 0.1) is 25.5 Å². The van der Waals surface area contributed by atoms with Crippen molar-refractivity contribution in [3.63, 3.8) is 0 Å².